The lowest BCUT2D eigenvalue weighted by molar-refractivity contribution is 0.195. The molecule has 2 rings (SSSR count). The Morgan fingerprint density at radius 2 is 1.37 bits per heavy atom. The molecule has 2 heteroatoms. The molecular formula is C25H34O2. The summed E-state index contributed by atoms with van der Waals surface area (Å²) in [6.45, 7) is 17.1. The van der Waals surface area contributed by atoms with Gasteiger partial charge in [0.15, 0.2) is 0 Å². The van der Waals surface area contributed by atoms with E-state index in [9.17, 15) is 5.11 Å². The number of aliphatic hydroxyl groups is 1. The Labute approximate surface area is 164 Å². The van der Waals surface area contributed by atoms with Gasteiger partial charge in [0.25, 0.3) is 5.95 Å². The number of rotatable bonds is 4. The zero-order valence-corrected chi connectivity index (χ0v) is 18.1. The van der Waals surface area contributed by atoms with Crippen molar-refractivity contribution < 1.29 is 9.84 Å². The summed E-state index contributed by atoms with van der Waals surface area (Å²) in [7, 11) is 0. The highest BCUT2D eigenvalue weighted by Gasteiger charge is 2.28. The summed E-state index contributed by atoms with van der Waals surface area (Å²) in [5, 5.41) is 10.7. The molecule has 0 fully saturated rings. The van der Waals surface area contributed by atoms with Crippen LogP contribution < -0.4 is 4.74 Å². The summed E-state index contributed by atoms with van der Waals surface area (Å²) in [6, 6.07) is 14.5. The van der Waals surface area contributed by atoms with Gasteiger partial charge in [0, 0.05) is 23.1 Å². The number of aryl methyl sites for hydroxylation is 1. The molecule has 0 radical (unpaired) electrons. The van der Waals surface area contributed by atoms with Crippen molar-refractivity contribution in [2.24, 2.45) is 0 Å². The first-order valence-corrected chi connectivity index (χ1v) is 9.65. The molecule has 0 amide bonds. The van der Waals surface area contributed by atoms with Crippen molar-refractivity contribution in [3.63, 3.8) is 0 Å². The fourth-order valence-corrected chi connectivity index (χ4v) is 3.16. The predicted molar refractivity (Wildman–Crippen MR) is 115 cm³/mol. The summed E-state index contributed by atoms with van der Waals surface area (Å²) in [5.41, 5.74) is 5.24. The number of aliphatic hydroxyl groups excluding tert-OH is 1. The highest BCUT2D eigenvalue weighted by molar-refractivity contribution is 5.51. The lowest BCUT2D eigenvalue weighted by atomic mass is 9.78. The van der Waals surface area contributed by atoms with Gasteiger partial charge in [0.05, 0.1) is 0 Å². The lowest BCUT2D eigenvalue weighted by Crippen LogP contribution is -2.20. The van der Waals surface area contributed by atoms with Gasteiger partial charge >= 0.3 is 0 Å². The molecule has 2 aromatic rings. The maximum absolute atomic E-state index is 10.7. The van der Waals surface area contributed by atoms with Crippen molar-refractivity contribution in [3.05, 3.63) is 76.2 Å². The van der Waals surface area contributed by atoms with Crippen molar-refractivity contribution in [1.82, 2.24) is 0 Å². The number of ether oxygens (including phenoxy) is 1. The summed E-state index contributed by atoms with van der Waals surface area (Å²) in [5.74, 6) is 0.782. The van der Waals surface area contributed by atoms with Gasteiger partial charge in [0.2, 0.25) is 0 Å². The van der Waals surface area contributed by atoms with Crippen molar-refractivity contribution >= 4 is 0 Å². The van der Waals surface area contributed by atoms with Gasteiger partial charge in [-0.1, -0.05) is 89.6 Å². The fraction of sp³-hybridized carbons (Fsp3) is 0.440. The van der Waals surface area contributed by atoms with Gasteiger partial charge in [-0.25, -0.2) is 0 Å². The van der Waals surface area contributed by atoms with Crippen LogP contribution in [0.15, 0.2) is 54.0 Å². The second-order valence-electron chi connectivity index (χ2n) is 9.54. The molecule has 0 aliphatic rings. The summed E-state index contributed by atoms with van der Waals surface area (Å²) < 4.78 is 6.15. The van der Waals surface area contributed by atoms with Crippen LogP contribution in [-0.2, 0) is 17.3 Å². The minimum absolute atomic E-state index is 0.00120. The van der Waals surface area contributed by atoms with Crippen LogP contribution in [0.25, 0.3) is 0 Å². The molecule has 0 aromatic heterocycles. The topological polar surface area (TPSA) is 29.5 Å². The minimum Gasteiger partial charge on any atom is -0.481 e. The fourth-order valence-electron chi connectivity index (χ4n) is 3.16. The molecule has 0 saturated carbocycles. The van der Waals surface area contributed by atoms with Crippen LogP contribution in [0.4, 0.5) is 0 Å². The Morgan fingerprint density at radius 1 is 0.889 bits per heavy atom. The molecule has 0 unspecified atom stereocenters. The minimum atomic E-state index is -0.0883. The Balaban J connectivity index is 2.51. The highest BCUT2D eigenvalue weighted by atomic mass is 16.6. The number of allylic oxidation sites excluding steroid dienone is 1. The van der Waals surface area contributed by atoms with Gasteiger partial charge in [-0.05, 0) is 30.2 Å². The molecule has 0 bridgehead atoms. The van der Waals surface area contributed by atoms with Gasteiger partial charge in [-0.15, -0.1) is 0 Å². The van der Waals surface area contributed by atoms with Crippen LogP contribution in [0.1, 0.15) is 70.7 Å². The van der Waals surface area contributed by atoms with Crippen molar-refractivity contribution in [3.8, 4) is 5.75 Å². The monoisotopic (exact) mass is 366 g/mol. The molecule has 0 atom stereocenters. The van der Waals surface area contributed by atoms with E-state index >= 15 is 0 Å². The molecule has 0 saturated heterocycles. The Bertz CT molecular complexity index is 781. The second kappa shape index (κ2) is 7.80. The van der Waals surface area contributed by atoms with Crippen LogP contribution in [0.3, 0.4) is 0 Å². The van der Waals surface area contributed by atoms with E-state index in [0.717, 1.165) is 28.0 Å². The van der Waals surface area contributed by atoms with Crippen LogP contribution in [0.2, 0.25) is 0 Å². The lowest BCUT2D eigenvalue weighted by Gasteiger charge is -2.30. The van der Waals surface area contributed by atoms with Crippen molar-refractivity contribution in [1.29, 1.82) is 0 Å². The molecule has 0 heterocycles. The molecule has 27 heavy (non-hydrogen) atoms. The van der Waals surface area contributed by atoms with Gasteiger partial charge in [0.1, 0.15) is 5.75 Å². The zero-order valence-electron chi connectivity index (χ0n) is 18.1. The normalized spacial score (nSPS) is 13.3. The average Bonchev–Trinajstić information content (AvgIpc) is 2.55. The van der Waals surface area contributed by atoms with E-state index in [1.54, 1.807) is 0 Å². The Kier molecular flexibility index (Phi) is 6.09. The molecule has 0 aliphatic carbocycles. The van der Waals surface area contributed by atoms with E-state index in [1.807, 2.05) is 25.1 Å². The summed E-state index contributed by atoms with van der Waals surface area (Å²) in [6.07, 6.45) is 0.661. The molecule has 1 N–H and O–H groups in total. The molecular weight excluding hydrogens is 332 g/mol. The largest absolute Gasteiger partial charge is 0.481 e. The van der Waals surface area contributed by atoms with Crippen LogP contribution >= 0.6 is 0 Å². The Hall–Kier alpha value is -2.22. The summed E-state index contributed by atoms with van der Waals surface area (Å²) in [4.78, 5) is 0. The van der Waals surface area contributed by atoms with E-state index in [-0.39, 0.29) is 16.8 Å². The van der Waals surface area contributed by atoms with E-state index in [1.165, 1.54) is 5.56 Å². The quantitative estimate of drug-likeness (QED) is 0.590. The van der Waals surface area contributed by atoms with E-state index in [2.05, 4.69) is 72.7 Å². The van der Waals surface area contributed by atoms with E-state index in [4.69, 9.17) is 4.74 Å². The third-order valence-electron chi connectivity index (χ3n) is 4.73. The second-order valence-corrected chi connectivity index (χ2v) is 9.54. The average molecular weight is 367 g/mol. The first kappa shape index (κ1) is 21.1. The SMILES string of the molecule is C/C(Cc1ccccc1)=C(\O)Oc1c(C(C)(C)C)cc(C)cc1C(C)(C)C. The first-order valence-electron chi connectivity index (χ1n) is 9.65. The van der Waals surface area contributed by atoms with Crippen LogP contribution in [0.5, 0.6) is 5.75 Å². The zero-order chi connectivity index (χ0) is 20.4. The van der Waals surface area contributed by atoms with Crippen LogP contribution in [0, 0.1) is 6.92 Å². The number of hydrogen-bond acceptors (Lipinski definition) is 2. The first-order chi connectivity index (χ1) is 12.4. The van der Waals surface area contributed by atoms with Crippen molar-refractivity contribution in [2.75, 3.05) is 0 Å². The van der Waals surface area contributed by atoms with E-state index in [0.29, 0.717) is 6.42 Å². The van der Waals surface area contributed by atoms with E-state index < -0.39 is 0 Å². The van der Waals surface area contributed by atoms with Gasteiger partial charge in [-0.3, -0.25) is 0 Å². The predicted octanol–water partition coefficient (Wildman–Crippen LogP) is 7.00. The van der Waals surface area contributed by atoms with Gasteiger partial charge < -0.3 is 9.84 Å². The Morgan fingerprint density at radius 3 is 1.81 bits per heavy atom. The number of benzene rings is 2. The summed E-state index contributed by atoms with van der Waals surface area (Å²) >= 11 is 0. The molecule has 0 aliphatic heterocycles. The molecule has 0 spiro atoms. The van der Waals surface area contributed by atoms with Crippen molar-refractivity contribution in [2.45, 2.75) is 72.6 Å². The van der Waals surface area contributed by atoms with Crippen LogP contribution in [-0.4, -0.2) is 5.11 Å². The third kappa shape index (κ3) is 5.38. The third-order valence-corrected chi connectivity index (χ3v) is 4.73. The van der Waals surface area contributed by atoms with Gasteiger partial charge in [-0.2, -0.15) is 0 Å². The maximum Gasteiger partial charge on any atom is 0.281 e. The number of hydrogen-bond donors (Lipinski definition) is 1. The molecule has 146 valence electrons. The standard InChI is InChI=1S/C25H34O2/c1-17-14-20(24(3,4)5)22(21(15-17)25(6,7)8)27-23(26)18(2)16-19-12-10-9-11-13-19/h9-15,26H,16H2,1-8H3/b23-18-. The molecule has 2 nitrogen and oxygen atoms in total. The smallest absolute Gasteiger partial charge is 0.281 e. The maximum atomic E-state index is 10.7. The molecule has 2 aromatic carbocycles. The highest BCUT2D eigenvalue weighted by Crippen LogP contribution is 2.41.